The molecule has 0 amide bonds. The van der Waals surface area contributed by atoms with Gasteiger partial charge in [0.25, 0.3) is 0 Å². The van der Waals surface area contributed by atoms with Gasteiger partial charge in [-0.15, -0.1) is 0 Å². The molecule has 1 aliphatic heterocycles. The van der Waals surface area contributed by atoms with Crippen LogP contribution in [-0.2, 0) is 10.0 Å². The molecule has 0 atom stereocenters. The minimum absolute atomic E-state index is 0.236. The molecule has 0 radical (unpaired) electrons. The lowest BCUT2D eigenvalue weighted by molar-refractivity contribution is 0.332. The number of rotatable bonds is 3. The lowest BCUT2D eigenvalue weighted by atomic mass is 10.1. The summed E-state index contributed by atoms with van der Waals surface area (Å²) in [5.74, 6) is 0. The second kappa shape index (κ2) is 5.47. The van der Waals surface area contributed by atoms with Gasteiger partial charge in [0.2, 0.25) is 10.0 Å². The number of anilines is 1. The molecule has 1 aliphatic rings. The number of sulfonamides is 1. The molecule has 0 aliphatic carbocycles. The van der Waals surface area contributed by atoms with Gasteiger partial charge in [0.05, 0.1) is 35.0 Å². The number of aromatic nitrogens is 2. The second-order valence-corrected chi connectivity index (χ2v) is 7.76. The predicted octanol–water partition coefficient (Wildman–Crippen LogP) is 1.82. The van der Waals surface area contributed by atoms with Crippen LogP contribution in [0, 0.1) is 0 Å². The van der Waals surface area contributed by atoms with Crippen molar-refractivity contribution >= 4 is 32.8 Å². The van der Waals surface area contributed by atoms with E-state index in [1.807, 2.05) is 10.5 Å². The van der Waals surface area contributed by atoms with Crippen molar-refractivity contribution in [2.24, 2.45) is 0 Å². The Kier molecular flexibility index (Phi) is 3.81. The molecule has 0 aromatic carbocycles. The Morgan fingerprint density at radius 2 is 2.10 bits per heavy atom. The highest BCUT2D eigenvalue weighted by molar-refractivity contribution is 7.88. The minimum Gasteiger partial charge on any atom is -0.380 e. The van der Waals surface area contributed by atoms with Crippen molar-refractivity contribution in [3.8, 4) is 0 Å². The maximum Gasteiger partial charge on any atom is 0.211 e. The van der Waals surface area contributed by atoms with Crippen molar-refractivity contribution in [3.63, 3.8) is 0 Å². The van der Waals surface area contributed by atoms with Crippen LogP contribution in [0.3, 0.4) is 0 Å². The molecule has 1 saturated heterocycles. The van der Waals surface area contributed by atoms with Gasteiger partial charge in [-0.3, -0.25) is 0 Å². The lowest BCUT2D eigenvalue weighted by Gasteiger charge is -2.31. The van der Waals surface area contributed by atoms with Gasteiger partial charge in [-0.1, -0.05) is 11.6 Å². The molecular weight excluding hydrogens is 312 g/mol. The van der Waals surface area contributed by atoms with Gasteiger partial charge in [-0.05, 0) is 18.9 Å². The Balaban J connectivity index is 1.74. The van der Waals surface area contributed by atoms with Gasteiger partial charge >= 0.3 is 0 Å². The average Bonchev–Trinajstić information content (AvgIpc) is 2.86. The highest BCUT2D eigenvalue weighted by Gasteiger charge is 2.25. The minimum atomic E-state index is -3.08. The summed E-state index contributed by atoms with van der Waals surface area (Å²) in [6.07, 6.45) is 8.11. The number of nitrogens with one attached hydrogen (secondary N) is 1. The van der Waals surface area contributed by atoms with Crippen LogP contribution in [0.5, 0.6) is 0 Å². The summed E-state index contributed by atoms with van der Waals surface area (Å²) in [5, 5.41) is 4.09. The van der Waals surface area contributed by atoms with Crippen LogP contribution in [0.15, 0.2) is 24.8 Å². The number of halogens is 1. The van der Waals surface area contributed by atoms with Crippen molar-refractivity contribution in [3.05, 3.63) is 29.8 Å². The Bertz CT molecular complexity index is 751. The van der Waals surface area contributed by atoms with E-state index in [-0.39, 0.29) is 6.04 Å². The van der Waals surface area contributed by atoms with E-state index < -0.39 is 10.0 Å². The molecule has 1 fully saturated rings. The molecule has 0 saturated carbocycles. The number of hydrogen-bond acceptors (Lipinski definition) is 4. The number of fused-ring (bicyclic) bond motifs is 1. The smallest absolute Gasteiger partial charge is 0.211 e. The summed E-state index contributed by atoms with van der Waals surface area (Å²) in [7, 11) is -3.08. The Morgan fingerprint density at radius 3 is 2.76 bits per heavy atom. The van der Waals surface area contributed by atoms with Gasteiger partial charge < -0.3 is 9.72 Å². The second-order valence-electron chi connectivity index (χ2n) is 5.34. The molecule has 0 unspecified atom stereocenters. The highest BCUT2D eigenvalue weighted by Crippen LogP contribution is 2.25. The number of hydrogen-bond donors (Lipinski definition) is 1. The van der Waals surface area contributed by atoms with E-state index in [4.69, 9.17) is 11.6 Å². The topological polar surface area (TPSA) is 66.7 Å². The van der Waals surface area contributed by atoms with E-state index in [0.29, 0.717) is 18.1 Å². The highest BCUT2D eigenvalue weighted by atomic mass is 35.5. The normalized spacial score (nSPS) is 18.2. The summed E-state index contributed by atoms with van der Waals surface area (Å²) in [4.78, 5) is 4.12. The van der Waals surface area contributed by atoms with E-state index in [0.717, 1.165) is 24.0 Å². The molecule has 2 aromatic heterocycles. The lowest BCUT2D eigenvalue weighted by Crippen LogP contribution is -2.41. The van der Waals surface area contributed by atoms with Crippen molar-refractivity contribution in [2.75, 3.05) is 24.7 Å². The van der Waals surface area contributed by atoms with Crippen LogP contribution in [0.2, 0.25) is 5.02 Å². The van der Waals surface area contributed by atoms with Crippen molar-refractivity contribution in [1.82, 2.24) is 13.7 Å². The molecule has 21 heavy (non-hydrogen) atoms. The van der Waals surface area contributed by atoms with Crippen molar-refractivity contribution in [1.29, 1.82) is 0 Å². The first-order chi connectivity index (χ1) is 9.93. The fourth-order valence-electron chi connectivity index (χ4n) is 2.67. The Morgan fingerprint density at radius 1 is 1.38 bits per heavy atom. The fraction of sp³-hybridized carbons (Fsp3) is 0.462. The van der Waals surface area contributed by atoms with Crippen LogP contribution in [0.25, 0.3) is 5.52 Å². The summed E-state index contributed by atoms with van der Waals surface area (Å²) < 4.78 is 26.4. The van der Waals surface area contributed by atoms with Crippen LogP contribution in [0.4, 0.5) is 5.69 Å². The standard InChI is InChI=1S/C13H17ClN4O2S/c1-21(19,20)18-4-2-11(3-5-18)16-12-6-10(14)8-17-9-15-7-13(12)17/h6-9,11,16H,2-5H2,1H3. The monoisotopic (exact) mass is 328 g/mol. The maximum atomic E-state index is 11.5. The summed E-state index contributed by atoms with van der Waals surface area (Å²) in [6, 6.07) is 2.11. The Hall–Kier alpha value is -1.31. The molecule has 3 rings (SSSR count). The van der Waals surface area contributed by atoms with E-state index in [9.17, 15) is 8.42 Å². The zero-order valence-corrected chi connectivity index (χ0v) is 13.2. The third kappa shape index (κ3) is 3.14. The molecule has 0 spiro atoms. The van der Waals surface area contributed by atoms with Crippen molar-refractivity contribution < 1.29 is 8.42 Å². The van der Waals surface area contributed by atoms with E-state index >= 15 is 0 Å². The van der Waals surface area contributed by atoms with Gasteiger partial charge in [0, 0.05) is 25.3 Å². The summed E-state index contributed by atoms with van der Waals surface area (Å²) in [5.41, 5.74) is 1.89. The molecular formula is C13H17ClN4O2S. The molecule has 114 valence electrons. The summed E-state index contributed by atoms with van der Waals surface area (Å²) >= 11 is 6.11. The van der Waals surface area contributed by atoms with Gasteiger partial charge in [0.15, 0.2) is 0 Å². The van der Waals surface area contributed by atoms with Crippen LogP contribution in [0.1, 0.15) is 12.8 Å². The fourth-order valence-corrected chi connectivity index (χ4v) is 3.75. The largest absolute Gasteiger partial charge is 0.380 e. The molecule has 1 N–H and O–H groups in total. The van der Waals surface area contributed by atoms with Gasteiger partial charge in [-0.2, -0.15) is 0 Å². The Labute approximate surface area is 128 Å². The van der Waals surface area contributed by atoms with E-state index in [2.05, 4.69) is 10.3 Å². The zero-order chi connectivity index (χ0) is 15.0. The summed E-state index contributed by atoms with van der Waals surface area (Å²) in [6.45, 7) is 1.10. The van der Waals surface area contributed by atoms with E-state index in [1.165, 1.54) is 10.6 Å². The first-order valence-corrected chi connectivity index (χ1v) is 8.99. The molecule has 0 bridgehead atoms. The van der Waals surface area contributed by atoms with Gasteiger partial charge in [0.1, 0.15) is 0 Å². The molecule has 2 aromatic rings. The molecule has 6 nitrogen and oxygen atoms in total. The maximum absolute atomic E-state index is 11.5. The average molecular weight is 329 g/mol. The first-order valence-electron chi connectivity index (χ1n) is 6.76. The van der Waals surface area contributed by atoms with Crippen LogP contribution in [-0.4, -0.2) is 47.5 Å². The molecule has 8 heteroatoms. The van der Waals surface area contributed by atoms with Crippen LogP contribution >= 0.6 is 11.6 Å². The number of imidazole rings is 1. The van der Waals surface area contributed by atoms with Crippen molar-refractivity contribution in [2.45, 2.75) is 18.9 Å². The quantitative estimate of drug-likeness (QED) is 0.933. The third-order valence-electron chi connectivity index (χ3n) is 3.77. The first kappa shape index (κ1) is 14.6. The third-order valence-corrected chi connectivity index (χ3v) is 5.28. The number of pyridine rings is 1. The van der Waals surface area contributed by atoms with Gasteiger partial charge in [-0.25, -0.2) is 17.7 Å². The molecule has 3 heterocycles. The van der Waals surface area contributed by atoms with Crippen LogP contribution < -0.4 is 5.32 Å². The number of piperidine rings is 1. The number of nitrogens with zero attached hydrogens (tertiary/aromatic N) is 3. The predicted molar refractivity (Wildman–Crippen MR) is 83.3 cm³/mol. The zero-order valence-electron chi connectivity index (χ0n) is 11.7. The SMILES string of the molecule is CS(=O)(=O)N1CCC(Nc2cc(Cl)cn3cncc23)CC1. The van der Waals surface area contributed by atoms with E-state index in [1.54, 1.807) is 18.7 Å².